The highest BCUT2D eigenvalue weighted by atomic mass is 35.5. The first-order chi connectivity index (χ1) is 6.70. The van der Waals surface area contributed by atoms with Crippen LogP contribution in [0.25, 0.3) is 0 Å². The predicted molar refractivity (Wildman–Crippen MR) is 55.7 cm³/mol. The van der Waals surface area contributed by atoms with Crippen molar-refractivity contribution < 1.29 is 4.74 Å². The van der Waals surface area contributed by atoms with Crippen LogP contribution >= 0.6 is 11.6 Å². The third kappa shape index (κ3) is 1.53. The number of nitrogens with two attached hydrogens (primary N) is 1. The summed E-state index contributed by atoms with van der Waals surface area (Å²) in [5, 5.41) is 4.80. The molecule has 1 fully saturated rings. The van der Waals surface area contributed by atoms with E-state index in [0.29, 0.717) is 24.1 Å². The van der Waals surface area contributed by atoms with Gasteiger partial charge in [-0.15, -0.1) is 0 Å². The van der Waals surface area contributed by atoms with E-state index in [1.807, 2.05) is 0 Å². The number of hydrogen-bond acceptors (Lipinski definition) is 4. The fraction of sp³-hybridized carbons (Fsp3) is 0.625. The third-order valence-corrected chi connectivity index (χ3v) is 2.69. The molecule has 2 rings (SSSR count). The van der Waals surface area contributed by atoms with Gasteiger partial charge in [0.25, 0.3) is 0 Å². The average Bonchev–Trinajstić information content (AvgIpc) is 2.47. The quantitative estimate of drug-likeness (QED) is 0.743. The highest BCUT2D eigenvalue weighted by molar-refractivity contribution is 6.35. The lowest BCUT2D eigenvalue weighted by Crippen LogP contribution is -2.36. The Hall–Kier alpha value is -0.940. The number of hydrogen-bond donors (Lipinski definition) is 1. The van der Waals surface area contributed by atoms with Crippen LogP contribution in [0.15, 0.2) is 0 Å². The minimum atomic E-state index is 0.508. The van der Waals surface area contributed by atoms with Gasteiger partial charge in [-0.25, -0.2) is 4.68 Å². The molecule has 6 heteroatoms. The Labute approximate surface area is 87.4 Å². The summed E-state index contributed by atoms with van der Waals surface area (Å²) in [5.74, 6) is 1.27. The number of nitrogen functional groups attached to an aromatic ring is 1. The average molecular weight is 217 g/mol. The van der Waals surface area contributed by atoms with Gasteiger partial charge < -0.3 is 15.4 Å². The van der Waals surface area contributed by atoms with Crippen LogP contribution in [0.3, 0.4) is 0 Å². The maximum atomic E-state index is 6.06. The molecule has 0 aliphatic carbocycles. The molecule has 1 aromatic rings. The van der Waals surface area contributed by atoms with E-state index in [1.165, 1.54) is 0 Å². The van der Waals surface area contributed by atoms with Gasteiger partial charge in [0.1, 0.15) is 10.8 Å². The molecule has 1 aliphatic rings. The zero-order valence-corrected chi connectivity index (χ0v) is 8.79. The van der Waals surface area contributed by atoms with Crippen molar-refractivity contribution in [2.24, 2.45) is 7.05 Å². The van der Waals surface area contributed by atoms with E-state index in [9.17, 15) is 0 Å². The molecule has 5 nitrogen and oxygen atoms in total. The molecule has 0 saturated carbocycles. The summed E-state index contributed by atoms with van der Waals surface area (Å²) < 4.78 is 6.84. The van der Waals surface area contributed by atoms with Gasteiger partial charge in [0.15, 0.2) is 5.82 Å². The zero-order valence-electron chi connectivity index (χ0n) is 8.03. The fourth-order valence-electron chi connectivity index (χ4n) is 1.47. The van der Waals surface area contributed by atoms with Crippen LogP contribution in [0.4, 0.5) is 11.6 Å². The summed E-state index contributed by atoms with van der Waals surface area (Å²) in [4.78, 5) is 2.09. The molecule has 1 aliphatic heterocycles. The molecule has 78 valence electrons. The molecular formula is C8H13ClN4O. The molecule has 0 spiro atoms. The number of anilines is 2. The minimum Gasteiger partial charge on any atom is -0.383 e. The highest BCUT2D eigenvalue weighted by Crippen LogP contribution is 2.29. The maximum absolute atomic E-state index is 6.06. The van der Waals surface area contributed by atoms with Gasteiger partial charge in [-0.2, -0.15) is 5.10 Å². The summed E-state index contributed by atoms with van der Waals surface area (Å²) in [6.45, 7) is 3.06. The number of aryl methyl sites for hydroxylation is 1. The van der Waals surface area contributed by atoms with Crippen molar-refractivity contribution in [2.45, 2.75) is 0 Å². The highest BCUT2D eigenvalue weighted by Gasteiger charge is 2.19. The first-order valence-corrected chi connectivity index (χ1v) is 4.88. The lowest BCUT2D eigenvalue weighted by atomic mass is 10.4. The number of aromatic nitrogens is 2. The second-order valence-corrected chi connectivity index (χ2v) is 3.62. The number of rotatable bonds is 1. The molecular weight excluding hydrogens is 204 g/mol. The smallest absolute Gasteiger partial charge is 0.171 e. The monoisotopic (exact) mass is 216 g/mol. The molecule has 0 atom stereocenters. The molecule has 1 saturated heterocycles. The first-order valence-electron chi connectivity index (χ1n) is 4.51. The van der Waals surface area contributed by atoms with Crippen molar-refractivity contribution in [1.82, 2.24) is 9.78 Å². The Bertz CT molecular complexity index is 332. The van der Waals surface area contributed by atoms with Gasteiger partial charge in [-0.05, 0) is 0 Å². The Morgan fingerprint density at radius 2 is 2.07 bits per heavy atom. The van der Waals surface area contributed by atoms with Crippen LogP contribution in [0.2, 0.25) is 5.02 Å². The summed E-state index contributed by atoms with van der Waals surface area (Å²) >= 11 is 6.06. The van der Waals surface area contributed by atoms with Gasteiger partial charge >= 0.3 is 0 Å². The van der Waals surface area contributed by atoms with Crippen molar-refractivity contribution in [3.63, 3.8) is 0 Å². The molecule has 0 unspecified atom stereocenters. The number of morpholine rings is 1. The first kappa shape index (κ1) is 9.61. The van der Waals surface area contributed by atoms with Crippen LogP contribution in [-0.2, 0) is 11.8 Å². The summed E-state index contributed by atoms with van der Waals surface area (Å²) in [5.41, 5.74) is 5.72. The van der Waals surface area contributed by atoms with Crippen LogP contribution in [0.1, 0.15) is 0 Å². The molecule has 14 heavy (non-hydrogen) atoms. The summed E-state index contributed by atoms with van der Waals surface area (Å²) in [6, 6.07) is 0. The molecule has 0 radical (unpaired) electrons. The van der Waals surface area contributed by atoms with E-state index in [0.717, 1.165) is 18.9 Å². The molecule has 1 aromatic heterocycles. The van der Waals surface area contributed by atoms with Gasteiger partial charge in [0.05, 0.1) is 13.2 Å². The van der Waals surface area contributed by atoms with Crippen LogP contribution in [0.5, 0.6) is 0 Å². The summed E-state index contributed by atoms with van der Waals surface area (Å²) in [7, 11) is 1.78. The lowest BCUT2D eigenvalue weighted by molar-refractivity contribution is 0.122. The van der Waals surface area contributed by atoms with Crippen molar-refractivity contribution in [1.29, 1.82) is 0 Å². The van der Waals surface area contributed by atoms with E-state index < -0.39 is 0 Å². The Morgan fingerprint density at radius 1 is 1.43 bits per heavy atom. The Balaban J connectivity index is 2.26. The molecule has 0 amide bonds. The van der Waals surface area contributed by atoms with Crippen molar-refractivity contribution in [3.05, 3.63) is 5.02 Å². The number of halogens is 1. The van der Waals surface area contributed by atoms with Crippen molar-refractivity contribution in [2.75, 3.05) is 36.9 Å². The molecule has 0 aromatic carbocycles. The van der Waals surface area contributed by atoms with Gasteiger partial charge in [-0.1, -0.05) is 11.6 Å². The zero-order chi connectivity index (χ0) is 10.1. The van der Waals surface area contributed by atoms with Crippen molar-refractivity contribution in [3.8, 4) is 0 Å². The van der Waals surface area contributed by atoms with Gasteiger partial charge in [0.2, 0.25) is 0 Å². The summed E-state index contributed by atoms with van der Waals surface area (Å²) in [6.07, 6.45) is 0. The SMILES string of the molecule is Cn1nc(N2CCOCC2)c(Cl)c1N. The Kier molecular flexibility index (Phi) is 2.52. The third-order valence-electron chi connectivity index (χ3n) is 2.33. The standard InChI is InChI=1S/C8H13ClN4O/c1-12-7(10)6(9)8(11-12)13-2-4-14-5-3-13/h2-5,10H2,1H3. The van der Waals surface area contributed by atoms with Gasteiger partial charge in [0, 0.05) is 20.1 Å². The largest absolute Gasteiger partial charge is 0.383 e. The van der Waals surface area contributed by atoms with Crippen LogP contribution in [0, 0.1) is 0 Å². The second-order valence-electron chi connectivity index (χ2n) is 3.25. The van der Waals surface area contributed by atoms with E-state index in [2.05, 4.69) is 10.00 Å². The lowest BCUT2D eigenvalue weighted by Gasteiger charge is -2.26. The second kappa shape index (κ2) is 3.67. The number of nitrogens with zero attached hydrogens (tertiary/aromatic N) is 3. The van der Waals surface area contributed by atoms with Gasteiger partial charge in [-0.3, -0.25) is 0 Å². The van der Waals surface area contributed by atoms with E-state index >= 15 is 0 Å². The van der Waals surface area contributed by atoms with E-state index in [4.69, 9.17) is 22.1 Å². The maximum Gasteiger partial charge on any atom is 0.171 e. The fourth-order valence-corrected chi connectivity index (χ4v) is 1.75. The topological polar surface area (TPSA) is 56.3 Å². The molecule has 2 N–H and O–H groups in total. The van der Waals surface area contributed by atoms with E-state index in [-0.39, 0.29) is 0 Å². The van der Waals surface area contributed by atoms with Crippen LogP contribution in [-0.4, -0.2) is 36.1 Å². The predicted octanol–water partition coefficient (Wildman–Crippen LogP) is 0.492. The Morgan fingerprint density at radius 3 is 2.57 bits per heavy atom. The van der Waals surface area contributed by atoms with E-state index in [1.54, 1.807) is 11.7 Å². The molecule has 2 heterocycles. The van der Waals surface area contributed by atoms with Crippen LogP contribution < -0.4 is 10.6 Å². The van der Waals surface area contributed by atoms with Crippen molar-refractivity contribution >= 4 is 23.2 Å². The molecule has 0 bridgehead atoms. The minimum absolute atomic E-state index is 0.508. The normalized spacial score (nSPS) is 17.4. The number of ether oxygens (including phenoxy) is 1.